The van der Waals surface area contributed by atoms with Gasteiger partial charge < -0.3 is 9.30 Å². The Morgan fingerprint density at radius 1 is 1.00 bits per heavy atom. The number of carbonyl (C=O) groups is 1. The molecule has 1 aliphatic heterocycles. The van der Waals surface area contributed by atoms with Gasteiger partial charge in [0.15, 0.2) is 5.69 Å². The highest BCUT2D eigenvalue weighted by atomic mass is 16.2. The van der Waals surface area contributed by atoms with E-state index < -0.39 is 0 Å². The molecular formula is C21H25N3O. The van der Waals surface area contributed by atoms with Gasteiger partial charge in [0.25, 0.3) is 5.91 Å². The smallest absolute Gasteiger partial charge is 0.274 e. The molecular weight excluding hydrogens is 310 g/mol. The van der Waals surface area contributed by atoms with E-state index in [0.717, 1.165) is 35.6 Å². The molecule has 1 saturated heterocycles. The standard InChI is InChI=1S/C21H25N3O/c25-21(24-12-16(13-4-5-13)11-18(24)14-6-7-14)19-17-3-1-2-10-23(17)20(22-19)15-8-9-15/h1-3,10,13-16,18H,4-9,11-12H2/t16-,18-/m1/s1. The van der Waals surface area contributed by atoms with Gasteiger partial charge in [-0.05, 0) is 74.8 Å². The number of imidazole rings is 1. The fourth-order valence-electron chi connectivity index (χ4n) is 4.96. The molecule has 4 aliphatic rings. The number of carbonyl (C=O) groups excluding carboxylic acids is 1. The average molecular weight is 335 g/mol. The molecule has 25 heavy (non-hydrogen) atoms. The average Bonchev–Trinajstić information content (AvgIpc) is 3.49. The summed E-state index contributed by atoms with van der Waals surface area (Å²) in [5.74, 6) is 4.22. The summed E-state index contributed by atoms with van der Waals surface area (Å²) in [6.45, 7) is 0.968. The van der Waals surface area contributed by atoms with Gasteiger partial charge in [0.2, 0.25) is 0 Å². The molecule has 3 heterocycles. The molecule has 0 unspecified atom stereocenters. The Morgan fingerprint density at radius 3 is 2.52 bits per heavy atom. The normalized spacial score (nSPS) is 29.5. The zero-order valence-electron chi connectivity index (χ0n) is 14.6. The number of hydrogen-bond acceptors (Lipinski definition) is 2. The highest BCUT2D eigenvalue weighted by Gasteiger charge is 2.48. The molecule has 2 atom stereocenters. The minimum Gasteiger partial charge on any atom is -0.334 e. The van der Waals surface area contributed by atoms with Crippen LogP contribution in [-0.4, -0.2) is 32.8 Å². The lowest BCUT2D eigenvalue weighted by Gasteiger charge is -2.24. The first-order valence-corrected chi connectivity index (χ1v) is 10.1. The molecule has 130 valence electrons. The highest BCUT2D eigenvalue weighted by molar-refractivity contribution is 5.99. The van der Waals surface area contributed by atoms with Gasteiger partial charge in [0.1, 0.15) is 5.82 Å². The van der Waals surface area contributed by atoms with Crippen LogP contribution in [-0.2, 0) is 0 Å². The Balaban J connectivity index is 1.38. The summed E-state index contributed by atoms with van der Waals surface area (Å²) in [4.78, 5) is 20.6. The summed E-state index contributed by atoms with van der Waals surface area (Å²) in [6, 6.07) is 6.61. The molecule has 3 aliphatic carbocycles. The lowest BCUT2D eigenvalue weighted by Crippen LogP contribution is -2.37. The van der Waals surface area contributed by atoms with Crippen LogP contribution in [0.1, 0.15) is 67.2 Å². The van der Waals surface area contributed by atoms with Crippen molar-refractivity contribution in [3.63, 3.8) is 0 Å². The minimum absolute atomic E-state index is 0.190. The van der Waals surface area contributed by atoms with E-state index in [1.165, 1.54) is 44.9 Å². The van der Waals surface area contributed by atoms with Gasteiger partial charge in [-0.3, -0.25) is 4.79 Å². The van der Waals surface area contributed by atoms with Gasteiger partial charge in [-0.15, -0.1) is 0 Å². The molecule has 4 heteroatoms. The molecule has 6 rings (SSSR count). The van der Waals surface area contributed by atoms with E-state index in [9.17, 15) is 4.79 Å². The summed E-state index contributed by atoms with van der Waals surface area (Å²) >= 11 is 0. The Bertz CT molecular complexity index is 844. The number of hydrogen-bond donors (Lipinski definition) is 0. The van der Waals surface area contributed by atoms with Gasteiger partial charge in [-0.1, -0.05) is 6.07 Å². The van der Waals surface area contributed by atoms with E-state index in [-0.39, 0.29) is 5.91 Å². The lowest BCUT2D eigenvalue weighted by molar-refractivity contribution is 0.0713. The summed E-state index contributed by atoms with van der Waals surface area (Å²) < 4.78 is 2.16. The molecule has 0 N–H and O–H groups in total. The molecule has 4 fully saturated rings. The number of amides is 1. The highest BCUT2D eigenvalue weighted by Crippen LogP contribution is 2.49. The van der Waals surface area contributed by atoms with Crippen LogP contribution >= 0.6 is 0 Å². The number of fused-ring (bicyclic) bond motifs is 1. The predicted octanol–water partition coefficient (Wildman–Crippen LogP) is 3.86. The second-order valence-electron chi connectivity index (χ2n) is 8.74. The van der Waals surface area contributed by atoms with E-state index >= 15 is 0 Å². The number of likely N-dealkylation sites (tertiary alicyclic amines) is 1. The first-order valence-electron chi connectivity index (χ1n) is 10.1. The van der Waals surface area contributed by atoms with Crippen LogP contribution in [0.15, 0.2) is 24.4 Å². The van der Waals surface area contributed by atoms with Crippen molar-refractivity contribution in [1.82, 2.24) is 14.3 Å². The fraction of sp³-hybridized carbons (Fsp3) is 0.619. The van der Waals surface area contributed by atoms with Gasteiger partial charge in [-0.2, -0.15) is 0 Å². The molecule has 2 aromatic rings. The third-order valence-electron chi connectivity index (χ3n) is 6.81. The first kappa shape index (κ1) is 14.3. The summed E-state index contributed by atoms with van der Waals surface area (Å²) in [6.07, 6.45) is 11.1. The van der Waals surface area contributed by atoms with Crippen molar-refractivity contribution in [3.8, 4) is 0 Å². The lowest BCUT2D eigenvalue weighted by atomic mass is 9.98. The van der Waals surface area contributed by atoms with Crippen molar-refractivity contribution in [3.05, 3.63) is 35.9 Å². The maximum atomic E-state index is 13.5. The van der Waals surface area contributed by atoms with Crippen LogP contribution in [0.3, 0.4) is 0 Å². The van der Waals surface area contributed by atoms with Crippen LogP contribution in [0.2, 0.25) is 0 Å². The maximum Gasteiger partial charge on any atom is 0.274 e. The quantitative estimate of drug-likeness (QED) is 0.851. The van der Waals surface area contributed by atoms with Gasteiger partial charge in [0, 0.05) is 24.7 Å². The zero-order valence-corrected chi connectivity index (χ0v) is 14.6. The second kappa shape index (κ2) is 5.09. The number of pyridine rings is 1. The molecule has 1 amide bonds. The molecule has 0 spiro atoms. The van der Waals surface area contributed by atoms with Gasteiger partial charge in [0.05, 0.1) is 5.52 Å². The topological polar surface area (TPSA) is 37.6 Å². The summed E-state index contributed by atoms with van der Waals surface area (Å²) in [5, 5.41) is 0. The van der Waals surface area contributed by atoms with E-state index in [0.29, 0.717) is 17.7 Å². The van der Waals surface area contributed by atoms with E-state index in [2.05, 4.69) is 21.6 Å². The number of rotatable bonds is 4. The Hall–Kier alpha value is -1.84. The van der Waals surface area contributed by atoms with Crippen molar-refractivity contribution in [1.29, 1.82) is 0 Å². The maximum absolute atomic E-state index is 13.5. The van der Waals surface area contributed by atoms with Crippen LogP contribution in [0.25, 0.3) is 5.52 Å². The third kappa shape index (κ3) is 2.33. The molecule has 4 nitrogen and oxygen atoms in total. The predicted molar refractivity (Wildman–Crippen MR) is 95.5 cm³/mol. The summed E-state index contributed by atoms with van der Waals surface area (Å²) in [7, 11) is 0. The van der Waals surface area contributed by atoms with E-state index in [1.54, 1.807) is 0 Å². The Labute approximate surface area is 148 Å². The molecule has 0 radical (unpaired) electrons. The Kier molecular flexibility index (Phi) is 2.92. The third-order valence-corrected chi connectivity index (χ3v) is 6.81. The molecule has 2 aromatic heterocycles. The summed E-state index contributed by atoms with van der Waals surface area (Å²) in [5.41, 5.74) is 1.70. The van der Waals surface area contributed by atoms with Crippen molar-refractivity contribution >= 4 is 11.4 Å². The van der Waals surface area contributed by atoms with Crippen molar-refractivity contribution in [2.24, 2.45) is 17.8 Å². The second-order valence-corrected chi connectivity index (χ2v) is 8.74. The Morgan fingerprint density at radius 2 is 1.80 bits per heavy atom. The van der Waals surface area contributed by atoms with Gasteiger partial charge >= 0.3 is 0 Å². The van der Waals surface area contributed by atoms with E-state index in [4.69, 9.17) is 4.98 Å². The van der Waals surface area contributed by atoms with Crippen molar-refractivity contribution in [2.45, 2.75) is 56.9 Å². The van der Waals surface area contributed by atoms with Crippen LogP contribution in [0.4, 0.5) is 0 Å². The minimum atomic E-state index is 0.190. The van der Waals surface area contributed by atoms with Crippen molar-refractivity contribution < 1.29 is 4.79 Å². The molecule has 0 bridgehead atoms. The largest absolute Gasteiger partial charge is 0.334 e. The number of aromatic nitrogens is 2. The monoisotopic (exact) mass is 335 g/mol. The van der Waals surface area contributed by atoms with E-state index in [1.807, 2.05) is 12.1 Å². The zero-order chi connectivity index (χ0) is 16.5. The van der Waals surface area contributed by atoms with Gasteiger partial charge in [-0.25, -0.2) is 4.98 Å². The van der Waals surface area contributed by atoms with Crippen LogP contribution in [0, 0.1) is 17.8 Å². The number of nitrogens with zero attached hydrogens (tertiary/aromatic N) is 3. The van der Waals surface area contributed by atoms with Crippen LogP contribution in [0.5, 0.6) is 0 Å². The first-order chi connectivity index (χ1) is 12.3. The molecule has 3 saturated carbocycles. The fourth-order valence-corrected chi connectivity index (χ4v) is 4.96. The van der Waals surface area contributed by atoms with Crippen molar-refractivity contribution in [2.75, 3.05) is 6.54 Å². The SMILES string of the molecule is O=C(c1nc(C2CC2)n2ccccc12)N1C[C@H](C2CC2)C[C@@H]1C1CC1. The van der Waals surface area contributed by atoms with Crippen LogP contribution < -0.4 is 0 Å². The molecule has 0 aromatic carbocycles.